The Labute approximate surface area is 121 Å². The number of hydrogen-bond donors (Lipinski definition) is 2. The quantitative estimate of drug-likeness (QED) is 0.757. The molecule has 0 bridgehead atoms. The van der Waals surface area contributed by atoms with Crippen LogP contribution in [0.4, 0.5) is 5.69 Å². The van der Waals surface area contributed by atoms with Crippen LogP contribution in [0.15, 0.2) is 24.3 Å². The maximum Gasteiger partial charge on any atom is 0.227 e. The van der Waals surface area contributed by atoms with Gasteiger partial charge in [0, 0.05) is 24.2 Å². The summed E-state index contributed by atoms with van der Waals surface area (Å²) in [5.41, 5.74) is 6.21. The average molecular weight is 279 g/mol. The van der Waals surface area contributed by atoms with Crippen molar-refractivity contribution in [1.82, 2.24) is 4.90 Å². The summed E-state index contributed by atoms with van der Waals surface area (Å²) in [7, 11) is 4.00. The fourth-order valence-electron chi connectivity index (χ4n) is 1.66. The van der Waals surface area contributed by atoms with E-state index in [-0.39, 0.29) is 11.8 Å². The van der Waals surface area contributed by atoms with Crippen LogP contribution in [0, 0.1) is 5.92 Å². The fourth-order valence-corrected chi connectivity index (χ4v) is 1.66. The van der Waals surface area contributed by atoms with Gasteiger partial charge in [0.15, 0.2) is 0 Å². The van der Waals surface area contributed by atoms with Crippen LogP contribution >= 0.6 is 0 Å². The minimum atomic E-state index is -0.0849. The van der Waals surface area contributed by atoms with E-state index in [4.69, 9.17) is 10.5 Å². The molecule has 3 N–H and O–H groups in total. The molecule has 0 aliphatic rings. The molecule has 1 rings (SSSR count). The monoisotopic (exact) mass is 279 g/mol. The fraction of sp³-hybridized carbons (Fsp3) is 0.533. The molecule has 0 radical (unpaired) electrons. The Morgan fingerprint density at radius 3 is 2.85 bits per heavy atom. The van der Waals surface area contributed by atoms with Gasteiger partial charge < -0.3 is 20.7 Å². The molecular formula is C15H25N3O2. The van der Waals surface area contributed by atoms with Gasteiger partial charge in [0.1, 0.15) is 12.4 Å². The van der Waals surface area contributed by atoms with Crippen LogP contribution in [-0.2, 0) is 4.79 Å². The normalized spacial score (nSPS) is 12.2. The van der Waals surface area contributed by atoms with E-state index in [1.165, 1.54) is 0 Å². The third kappa shape index (κ3) is 6.04. The number of anilines is 1. The molecule has 1 atom stereocenters. The molecule has 5 nitrogen and oxygen atoms in total. The van der Waals surface area contributed by atoms with Crippen LogP contribution in [0.1, 0.15) is 13.3 Å². The zero-order valence-corrected chi connectivity index (χ0v) is 12.6. The van der Waals surface area contributed by atoms with E-state index >= 15 is 0 Å². The van der Waals surface area contributed by atoms with Gasteiger partial charge in [-0.2, -0.15) is 0 Å². The Hall–Kier alpha value is -1.59. The predicted molar refractivity (Wildman–Crippen MR) is 82.0 cm³/mol. The lowest BCUT2D eigenvalue weighted by molar-refractivity contribution is -0.119. The van der Waals surface area contributed by atoms with Crippen molar-refractivity contribution in [2.75, 3.05) is 39.1 Å². The highest BCUT2D eigenvalue weighted by Crippen LogP contribution is 2.18. The van der Waals surface area contributed by atoms with Crippen molar-refractivity contribution in [3.05, 3.63) is 24.3 Å². The molecule has 0 fully saturated rings. The molecule has 0 aliphatic carbocycles. The van der Waals surface area contributed by atoms with Gasteiger partial charge >= 0.3 is 0 Å². The van der Waals surface area contributed by atoms with Crippen molar-refractivity contribution in [3.8, 4) is 5.75 Å². The first-order valence-electron chi connectivity index (χ1n) is 6.91. The molecule has 0 saturated heterocycles. The Kier molecular flexibility index (Phi) is 7.04. The first-order chi connectivity index (χ1) is 9.52. The summed E-state index contributed by atoms with van der Waals surface area (Å²) < 4.78 is 5.63. The minimum absolute atomic E-state index is 0.0131. The zero-order valence-electron chi connectivity index (χ0n) is 12.6. The first-order valence-corrected chi connectivity index (χ1v) is 6.91. The lowest BCUT2D eigenvalue weighted by atomic mass is 10.1. The molecular weight excluding hydrogens is 254 g/mol. The smallest absolute Gasteiger partial charge is 0.227 e. The topological polar surface area (TPSA) is 67.6 Å². The van der Waals surface area contributed by atoms with E-state index in [0.29, 0.717) is 19.6 Å². The molecule has 5 heteroatoms. The van der Waals surface area contributed by atoms with Gasteiger partial charge in [-0.3, -0.25) is 4.79 Å². The second kappa shape index (κ2) is 8.55. The van der Waals surface area contributed by atoms with Gasteiger partial charge in [0.2, 0.25) is 5.91 Å². The Balaban J connectivity index is 2.52. The second-order valence-electron chi connectivity index (χ2n) is 5.15. The second-order valence-corrected chi connectivity index (χ2v) is 5.15. The van der Waals surface area contributed by atoms with Gasteiger partial charge in [0.25, 0.3) is 0 Å². The molecule has 0 aromatic heterocycles. The number of nitrogens with one attached hydrogen (secondary N) is 1. The molecule has 20 heavy (non-hydrogen) atoms. The van der Waals surface area contributed by atoms with E-state index in [9.17, 15) is 4.79 Å². The summed E-state index contributed by atoms with van der Waals surface area (Å²) in [6.07, 6.45) is 0.685. The molecule has 0 heterocycles. The largest absolute Gasteiger partial charge is 0.492 e. The standard InChI is InChI=1S/C15H25N3O2/c1-12(7-8-16)15(19)17-13-5-4-6-14(11-13)20-10-9-18(2)3/h4-6,11-12H,7-10,16H2,1-3H3,(H,17,19). The highest BCUT2D eigenvalue weighted by molar-refractivity contribution is 5.92. The van der Waals surface area contributed by atoms with E-state index in [1.807, 2.05) is 45.3 Å². The van der Waals surface area contributed by atoms with Crippen LogP contribution in [0.2, 0.25) is 0 Å². The number of nitrogens with zero attached hydrogens (tertiary/aromatic N) is 1. The number of ether oxygens (including phenoxy) is 1. The lowest BCUT2D eigenvalue weighted by Gasteiger charge is -2.13. The summed E-state index contributed by atoms with van der Waals surface area (Å²) in [5.74, 6) is 0.662. The zero-order chi connectivity index (χ0) is 15.0. The van der Waals surface area contributed by atoms with Gasteiger partial charge in [-0.15, -0.1) is 0 Å². The van der Waals surface area contributed by atoms with Crippen molar-refractivity contribution < 1.29 is 9.53 Å². The summed E-state index contributed by atoms with van der Waals surface area (Å²) in [4.78, 5) is 14.0. The maximum absolute atomic E-state index is 11.9. The number of likely N-dealkylation sites (N-methyl/N-ethyl adjacent to an activating group) is 1. The first kappa shape index (κ1) is 16.5. The number of nitrogens with two attached hydrogens (primary N) is 1. The summed E-state index contributed by atoms with van der Waals surface area (Å²) >= 11 is 0. The Bertz CT molecular complexity index is 421. The molecule has 1 aromatic rings. The number of carbonyl (C=O) groups excluding carboxylic acids is 1. The molecule has 1 unspecified atom stereocenters. The number of amides is 1. The van der Waals surface area contributed by atoms with E-state index in [2.05, 4.69) is 10.2 Å². The van der Waals surface area contributed by atoms with Crippen molar-refractivity contribution in [3.63, 3.8) is 0 Å². The van der Waals surface area contributed by atoms with E-state index in [0.717, 1.165) is 18.0 Å². The van der Waals surface area contributed by atoms with Crippen LogP contribution in [0.25, 0.3) is 0 Å². The molecule has 0 aliphatic heterocycles. The average Bonchev–Trinajstić information content (AvgIpc) is 2.39. The van der Waals surface area contributed by atoms with Crippen LogP contribution < -0.4 is 15.8 Å². The predicted octanol–water partition coefficient (Wildman–Crippen LogP) is 1.55. The highest BCUT2D eigenvalue weighted by Gasteiger charge is 2.12. The Morgan fingerprint density at radius 1 is 1.45 bits per heavy atom. The SMILES string of the molecule is CC(CCN)C(=O)Nc1cccc(OCCN(C)C)c1. The van der Waals surface area contributed by atoms with Gasteiger partial charge in [-0.25, -0.2) is 0 Å². The van der Waals surface area contributed by atoms with Gasteiger partial charge in [0.05, 0.1) is 0 Å². The van der Waals surface area contributed by atoms with Gasteiger partial charge in [-0.05, 0) is 39.2 Å². The third-order valence-corrected chi connectivity index (χ3v) is 2.96. The molecule has 0 saturated carbocycles. The van der Waals surface area contributed by atoms with Crippen molar-refractivity contribution >= 4 is 11.6 Å². The lowest BCUT2D eigenvalue weighted by Crippen LogP contribution is -2.22. The maximum atomic E-state index is 11.9. The number of carbonyl (C=O) groups is 1. The molecule has 112 valence electrons. The van der Waals surface area contributed by atoms with E-state index < -0.39 is 0 Å². The number of rotatable bonds is 8. The van der Waals surface area contributed by atoms with Crippen LogP contribution in [0.3, 0.4) is 0 Å². The summed E-state index contributed by atoms with van der Waals surface area (Å²) in [6, 6.07) is 7.44. The van der Waals surface area contributed by atoms with Crippen LogP contribution in [0.5, 0.6) is 5.75 Å². The molecule has 1 aromatic carbocycles. The van der Waals surface area contributed by atoms with Crippen LogP contribution in [-0.4, -0.2) is 44.6 Å². The highest BCUT2D eigenvalue weighted by atomic mass is 16.5. The molecule has 0 spiro atoms. The van der Waals surface area contributed by atoms with Crippen molar-refractivity contribution in [1.29, 1.82) is 0 Å². The minimum Gasteiger partial charge on any atom is -0.492 e. The van der Waals surface area contributed by atoms with Gasteiger partial charge in [-0.1, -0.05) is 13.0 Å². The summed E-state index contributed by atoms with van der Waals surface area (Å²) in [6.45, 7) is 3.86. The Morgan fingerprint density at radius 2 is 2.20 bits per heavy atom. The number of hydrogen-bond acceptors (Lipinski definition) is 4. The molecule has 1 amide bonds. The van der Waals surface area contributed by atoms with Crippen molar-refractivity contribution in [2.24, 2.45) is 11.7 Å². The third-order valence-electron chi connectivity index (χ3n) is 2.96. The summed E-state index contributed by atoms with van der Waals surface area (Å²) in [5, 5.41) is 2.88. The van der Waals surface area contributed by atoms with Crippen molar-refractivity contribution in [2.45, 2.75) is 13.3 Å². The number of benzene rings is 1. The van der Waals surface area contributed by atoms with E-state index in [1.54, 1.807) is 0 Å².